The zero-order valence-corrected chi connectivity index (χ0v) is 15.3. The average molecular weight is 384 g/mol. The Hall–Kier alpha value is -3.18. The van der Waals surface area contributed by atoms with Crippen molar-refractivity contribution in [1.29, 1.82) is 0 Å². The molecule has 7 nitrogen and oxygen atoms in total. The van der Waals surface area contributed by atoms with Gasteiger partial charge in [0.2, 0.25) is 11.7 Å². The van der Waals surface area contributed by atoms with Gasteiger partial charge in [0, 0.05) is 5.56 Å². The van der Waals surface area contributed by atoms with Gasteiger partial charge >= 0.3 is 5.97 Å². The Morgan fingerprint density at radius 3 is 2.78 bits per heavy atom. The molecule has 0 atom stereocenters. The normalized spacial score (nSPS) is 10.1. The topological polar surface area (TPSA) is 87.6 Å². The first-order chi connectivity index (χ1) is 13.3. The molecule has 2 heterocycles. The van der Waals surface area contributed by atoms with Gasteiger partial charge in [0.1, 0.15) is 5.75 Å². The highest BCUT2D eigenvalue weighted by Crippen LogP contribution is 2.24. The molecule has 0 amide bonds. The van der Waals surface area contributed by atoms with Gasteiger partial charge < -0.3 is 18.3 Å². The number of hydrogen-bond acceptors (Lipinski definition) is 8. The Morgan fingerprint density at radius 1 is 1.19 bits per heavy atom. The summed E-state index contributed by atoms with van der Waals surface area (Å²) in [5, 5.41) is 8.42. The lowest BCUT2D eigenvalue weighted by Crippen LogP contribution is -2.03. The third-order valence-electron chi connectivity index (χ3n) is 3.21. The predicted molar refractivity (Wildman–Crippen MR) is 98.4 cm³/mol. The molecule has 0 aliphatic rings. The van der Waals surface area contributed by atoms with Crippen LogP contribution >= 0.6 is 11.8 Å². The van der Waals surface area contributed by atoms with Gasteiger partial charge in [-0.15, -0.1) is 10.2 Å². The van der Waals surface area contributed by atoms with Gasteiger partial charge in [-0.1, -0.05) is 23.6 Å². The average Bonchev–Trinajstić information content (AvgIpc) is 3.37. The number of hydrogen-bond donors (Lipinski definition) is 0. The molecule has 8 heteroatoms. The predicted octanol–water partition coefficient (Wildman–Crippen LogP) is 3.68. The SMILES string of the molecule is CCOc1ccc(-c2nnc(SCC#CCOC(=O)c3ccco3)o2)cc1. The summed E-state index contributed by atoms with van der Waals surface area (Å²) < 4.78 is 20.9. The number of thioether (sulfide) groups is 1. The second-order valence-electron chi connectivity index (χ2n) is 5.03. The lowest BCUT2D eigenvalue weighted by atomic mass is 10.2. The molecule has 0 aliphatic carbocycles. The zero-order valence-electron chi connectivity index (χ0n) is 14.5. The number of rotatable bonds is 7. The largest absolute Gasteiger partial charge is 0.494 e. The second-order valence-corrected chi connectivity index (χ2v) is 5.95. The standard InChI is InChI=1S/C19H16N2O5S/c1-2-23-15-9-7-14(8-10-15)17-20-21-19(26-17)27-13-4-3-11-25-18(22)16-6-5-12-24-16/h5-10,12H,2,11,13H2,1H3. The Morgan fingerprint density at radius 2 is 2.04 bits per heavy atom. The summed E-state index contributed by atoms with van der Waals surface area (Å²) >= 11 is 1.31. The number of carbonyl (C=O) groups is 1. The molecular formula is C19H16N2O5S. The van der Waals surface area contributed by atoms with Crippen LogP contribution < -0.4 is 4.74 Å². The first-order valence-corrected chi connectivity index (χ1v) is 9.10. The molecule has 3 aromatic rings. The van der Waals surface area contributed by atoms with Crippen LogP contribution in [0, 0.1) is 11.8 Å². The van der Waals surface area contributed by atoms with Crippen molar-refractivity contribution in [3.63, 3.8) is 0 Å². The zero-order chi connectivity index (χ0) is 18.9. The van der Waals surface area contributed by atoms with Crippen LogP contribution in [0.5, 0.6) is 5.75 Å². The molecule has 3 rings (SSSR count). The second kappa shape index (κ2) is 9.50. The number of furan rings is 1. The van der Waals surface area contributed by atoms with E-state index in [1.54, 1.807) is 6.07 Å². The highest BCUT2D eigenvalue weighted by atomic mass is 32.2. The number of esters is 1. The number of nitrogens with zero attached hydrogens (tertiary/aromatic N) is 2. The Bertz CT molecular complexity index is 923. The van der Waals surface area contributed by atoms with Gasteiger partial charge in [0.05, 0.1) is 18.6 Å². The quantitative estimate of drug-likeness (QED) is 0.346. The van der Waals surface area contributed by atoms with E-state index in [-0.39, 0.29) is 12.4 Å². The van der Waals surface area contributed by atoms with E-state index < -0.39 is 5.97 Å². The smallest absolute Gasteiger partial charge is 0.375 e. The minimum absolute atomic E-state index is 0.0125. The monoisotopic (exact) mass is 384 g/mol. The molecule has 0 bridgehead atoms. The number of carbonyl (C=O) groups excluding carboxylic acids is 1. The summed E-state index contributed by atoms with van der Waals surface area (Å²) in [5.41, 5.74) is 0.814. The maximum absolute atomic E-state index is 11.5. The Kier molecular flexibility index (Phi) is 6.55. The fourth-order valence-corrected chi connectivity index (χ4v) is 2.55. The third kappa shape index (κ3) is 5.39. The summed E-state index contributed by atoms with van der Waals surface area (Å²) in [6.07, 6.45) is 1.41. The summed E-state index contributed by atoms with van der Waals surface area (Å²) in [6, 6.07) is 10.6. The summed E-state index contributed by atoms with van der Waals surface area (Å²) in [6.45, 7) is 2.53. The van der Waals surface area contributed by atoms with Crippen molar-refractivity contribution in [2.75, 3.05) is 19.0 Å². The van der Waals surface area contributed by atoms with Crippen LogP contribution in [0.25, 0.3) is 11.5 Å². The molecule has 0 aliphatic heterocycles. The maximum atomic E-state index is 11.5. The lowest BCUT2D eigenvalue weighted by molar-refractivity contribution is 0.0520. The fourth-order valence-electron chi connectivity index (χ4n) is 2.01. The third-order valence-corrected chi connectivity index (χ3v) is 3.91. The van der Waals surface area contributed by atoms with E-state index in [9.17, 15) is 4.79 Å². The van der Waals surface area contributed by atoms with Crippen molar-refractivity contribution in [2.24, 2.45) is 0 Å². The van der Waals surface area contributed by atoms with Gasteiger partial charge in [0.25, 0.3) is 5.22 Å². The van der Waals surface area contributed by atoms with E-state index in [4.69, 9.17) is 18.3 Å². The molecule has 0 saturated carbocycles. The van der Waals surface area contributed by atoms with Gasteiger partial charge in [-0.2, -0.15) is 0 Å². The molecular weight excluding hydrogens is 368 g/mol. The van der Waals surface area contributed by atoms with Gasteiger partial charge in [-0.05, 0) is 43.3 Å². The summed E-state index contributed by atoms with van der Waals surface area (Å²) in [5.74, 6) is 6.88. The minimum Gasteiger partial charge on any atom is -0.494 e. The molecule has 2 aromatic heterocycles. The van der Waals surface area contributed by atoms with Crippen molar-refractivity contribution in [3.8, 4) is 29.0 Å². The molecule has 0 N–H and O–H groups in total. The summed E-state index contributed by atoms with van der Waals surface area (Å²) in [4.78, 5) is 11.5. The first-order valence-electron chi connectivity index (χ1n) is 8.12. The van der Waals surface area contributed by atoms with Crippen LogP contribution in [0.15, 0.2) is 56.7 Å². The van der Waals surface area contributed by atoms with E-state index >= 15 is 0 Å². The number of benzene rings is 1. The highest BCUT2D eigenvalue weighted by molar-refractivity contribution is 7.99. The van der Waals surface area contributed by atoms with Crippen LogP contribution in [0.3, 0.4) is 0 Å². The van der Waals surface area contributed by atoms with Crippen molar-refractivity contribution < 1.29 is 23.1 Å². The molecule has 0 saturated heterocycles. The van der Waals surface area contributed by atoms with Crippen LogP contribution in [0.2, 0.25) is 0 Å². The van der Waals surface area contributed by atoms with Crippen LogP contribution in [0.1, 0.15) is 17.5 Å². The van der Waals surface area contributed by atoms with Crippen molar-refractivity contribution in [2.45, 2.75) is 12.1 Å². The minimum atomic E-state index is -0.543. The van der Waals surface area contributed by atoms with Crippen molar-refractivity contribution >= 4 is 17.7 Å². The van der Waals surface area contributed by atoms with Gasteiger partial charge in [-0.3, -0.25) is 0 Å². The van der Waals surface area contributed by atoms with E-state index in [0.29, 0.717) is 23.5 Å². The van der Waals surface area contributed by atoms with Gasteiger partial charge in [0.15, 0.2) is 6.61 Å². The fraction of sp³-hybridized carbons (Fsp3) is 0.211. The van der Waals surface area contributed by atoms with Crippen LogP contribution in [-0.2, 0) is 4.74 Å². The Labute approximate surface area is 160 Å². The van der Waals surface area contributed by atoms with Crippen molar-refractivity contribution in [3.05, 3.63) is 48.4 Å². The molecule has 27 heavy (non-hydrogen) atoms. The highest BCUT2D eigenvalue weighted by Gasteiger charge is 2.09. The summed E-state index contributed by atoms with van der Waals surface area (Å²) in [7, 11) is 0. The molecule has 0 fully saturated rings. The lowest BCUT2D eigenvalue weighted by Gasteiger charge is -2.02. The maximum Gasteiger partial charge on any atom is 0.375 e. The molecule has 0 unspecified atom stereocenters. The molecule has 0 radical (unpaired) electrons. The number of aromatic nitrogens is 2. The van der Waals surface area contributed by atoms with E-state index in [2.05, 4.69) is 22.0 Å². The van der Waals surface area contributed by atoms with Crippen LogP contribution in [-0.4, -0.2) is 35.1 Å². The van der Waals surface area contributed by atoms with E-state index in [1.807, 2.05) is 31.2 Å². The van der Waals surface area contributed by atoms with Crippen LogP contribution in [0.4, 0.5) is 0 Å². The first kappa shape index (κ1) is 18.6. The van der Waals surface area contributed by atoms with Gasteiger partial charge in [-0.25, -0.2) is 4.79 Å². The molecule has 1 aromatic carbocycles. The molecule has 138 valence electrons. The number of ether oxygens (including phenoxy) is 2. The van der Waals surface area contributed by atoms with E-state index in [1.165, 1.54) is 24.1 Å². The van der Waals surface area contributed by atoms with Crippen molar-refractivity contribution in [1.82, 2.24) is 10.2 Å². The van der Waals surface area contributed by atoms with E-state index in [0.717, 1.165) is 11.3 Å². The molecule has 0 spiro atoms. The Balaban J connectivity index is 1.44.